The highest BCUT2D eigenvalue weighted by molar-refractivity contribution is 6.42. The highest BCUT2D eigenvalue weighted by Crippen LogP contribution is 2.29. The van der Waals surface area contributed by atoms with E-state index in [1.165, 1.54) is 0 Å². The molecule has 0 atom stereocenters. The van der Waals surface area contributed by atoms with E-state index in [4.69, 9.17) is 23.2 Å². The van der Waals surface area contributed by atoms with Gasteiger partial charge >= 0.3 is 0 Å². The summed E-state index contributed by atoms with van der Waals surface area (Å²) in [6, 6.07) is 0.691. The van der Waals surface area contributed by atoms with E-state index < -0.39 is 27.2 Å². The third-order valence-electron chi connectivity index (χ3n) is 1.26. The van der Waals surface area contributed by atoms with E-state index in [1.54, 1.807) is 0 Å². The molecule has 5 heteroatoms. The quantitative estimate of drug-likeness (QED) is 0.396. The van der Waals surface area contributed by atoms with Crippen molar-refractivity contribution < 1.29 is 13.6 Å². The van der Waals surface area contributed by atoms with E-state index in [1.807, 2.05) is 0 Å². The van der Waals surface area contributed by atoms with Crippen LogP contribution < -0.4 is 0 Å². The Kier molecular flexibility index (Phi) is 2.65. The average Bonchev–Trinajstić information content (AvgIpc) is 2.08. The largest absolute Gasteiger partial charge is 0.298 e. The molecule has 1 aromatic rings. The fraction of sp³-hybridized carbons (Fsp3) is 0. The first-order valence-electron chi connectivity index (χ1n) is 2.86. The Balaban J connectivity index is 3.49. The lowest BCUT2D eigenvalue weighted by Gasteiger charge is -2.00. The second kappa shape index (κ2) is 3.37. The highest BCUT2D eigenvalue weighted by Gasteiger charge is 2.14. The van der Waals surface area contributed by atoms with Crippen LogP contribution in [-0.4, -0.2) is 6.29 Å². The Morgan fingerprint density at radius 2 is 1.83 bits per heavy atom. The molecule has 0 unspecified atom stereocenters. The maximum Gasteiger partial charge on any atom is 0.154 e. The molecule has 1 nitrogen and oxygen atoms in total. The van der Waals surface area contributed by atoms with Crippen molar-refractivity contribution in [3.63, 3.8) is 0 Å². The van der Waals surface area contributed by atoms with Crippen LogP contribution in [0.2, 0.25) is 10.0 Å². The normalized spacial score (nSPS) is 10.0. The Bertz CT molecular complexity index is 339. The van der Waals surface area contributed by atoms with E-state index in [-0.39, 0.29) is 6.29 Å². The zero-order valence-electron chi connectivity index (χ0n) is 5.57. The predicted octanol–water partition coefficient (Wildman–Crippen LogP) is 3.08. The van der Waals surface area contributed by atoms with Crippen LogP contribution in [0.15, 0.2) is 6.07 Å². The molecule has 64 valence electrons. The van der Waals surface area contributed by atoms with Gasteiger partial charge in [0.2, 0.25) is 0 Å². The minimum absolute atomic E-state index is 0.167. The van der Waals surface area contributed by atoms with Gasteiger partial charge < -0.3 is 0 Å². The van der Waals surface area contributed by atoms with E-state index in [9.17, 15) is 13.6 Å². The van der Waals surface area contributed by atoms with Gasteiger partial charge in [-0.05, 0) is 6.07 Å². The molecule has 0 fully saturated rings. The molecule has 0 amide bonds. The lowest BCUT2D eigenvalue weighted by molar-refractivity contribution is 0.111. The standard InChI is InChI=1S/C7H2Cl2F2O/c8-5-4(10)1-3(2-12)7(11)6(5)9/h1-2H. The van der Waals surface area contributed by atoms with Crippen molar-refractivity contribution in [2.45, 2.75) is 0 Å². The molecule has 0 aromatic heterocycles. The van der Waals surface area contributed by atoms with Crippen LogP contribution in [0.3, 0.4) is 0 Å². The second-order valence-corrected chi connectivity index (χ2v) is 2.76. The van der Waals surface area contributed by atoms with Crippen molar-refractivity contribution >= 4 is 29.5 Å². The molecule has 0 aliphatic heterocycles. The summed E-state index contributed by atoms with van der Waals surface area (Å²) in [5, 5.41) is -1.08. The monoisotopic (exact) mass is 210 g/mol. The summed E-state index contributed by atoms with van der Waals surface area (Å²) >= 11 is 10.5. The first kappa shape index (κ1) is 9.42. The van der Waals surface area contributed by atoms with Gasteiger partial charge in [0, 0.05) is 0 Å². The minimum Gasteiger partial charge on any atom is -0.298 e. The molecule has 1 aromatic carbocycles. The summed E-state index contributed by atoms with van der Waals surface area (Å²) in [4.78, 5) is 10.1. The third-order valence-corrected chi connectivity index (χ3v) is 2.08. The van der Waals surface area contributed by atoms with Crippen LogP contribution >= 0.6 is 23.2 Å². The molecule has 12 heavy (non-hydrogen) atoms. The lowest BCUT2D eigenvalue weighted by atomic mass is 10.2. The van der Waals surface area contributed by atoms with Gasteiger partial charge in [-0.15, -0.1) is 0 Å². The summed E-state index contributed by atoms with van der Waals surface area (Å²) < 4.78 is 25.5. The number of halogens is 4. The highest BCUT2D eigenvalue weighted by atomic mass is 35.5. The Morgan fingerprint density at radius 1 is 1.25 bits per heavy atom. The predicted molar refractivity (Wildman–Crippen MR) is 41.8 cm³/mol. The van der Waals surface area contributed by atoms with Crippen molar-refractivity contribution in [3.8, 4) is 0 Å². The van der Waals surface area contributed by atoms with Gasteiger partial charge in [0.25, 0.3) is 0 Å². The molecule has 0 aliphatic carbocycles. The molecule has 0 N–H and O–H groups in total. The number of aldehydes is 1. The molecular formula is C7H2Cl2F2O. The lowest BCUT2D eigenvalue weighted by Crippen LogP contribution is -1.92. The molecule has 1 rings (SSSR count). The van der Waals surface area contributed by atoms with Gasteiger partial charge in [-0.1, -0.05) is 23.2 Å². The molecule has 0 bridgehead atoms. The van der Waals surface area contributed by atoms with Crippen LogP contribution in [0.5, 0.6) is 0 Å². The maximum atomic E-state index is 12.8. The molecule has 0 heterocycles. The fourth-order valence-corrected chi connectivity index (χ4v) is 1.01. The van der Waals surface area contributed by atoms with Gasteiger partial charge in [0.15, 0.2) is 12.1 Å². The van der Waals surface area contributed by atoms with Crippen LogP contribution in [0.1, 0.15) is 10.4 Å². The van der Waals surface area contributed by atoms with Crippen LogP contribution in [0, 0.1) is 11.6 Å². The summed E-state index contributed by atoms with van der Waals surface area (Å²) in [5.41, 5.74) is -0.443. The van der Waals surface area contributed by atoms with Gasteiger partial charge in [0.1, 0.15) is 5.82 Å². The summed E-state index contributed by atoms with van der Waals surface area (Å²) in [5.74, 6) is -1.91. The minimum atomic E-state index is -1.00. The third kappa shape index (κ3) is 1.42. The van der Waals surface area contributed by atoms with E-state index in [0.29, 0.717) is 6.07 Å². The summed E-state index contributed by atoms with van der Waals surface area (Å²) in [7, 11) is 0. The SMILES string of the molecule is O=Cc1cc(F)c(Cl)c(Cl)c1F. The van der Waals surface area contributed by atoms with E-state index in [0.717, 1.165) is 0 Å². The Hall–Kier alpha value is -0.670. The van der Waals surface area contributed by atoms with Crippen molar-refractivity contribution in [3.05, 3.63) is 33.3 Å². The average molecular weight is 211 g/mol. The van der Waals surface area contributed by atoms with Crippen molar-refractivity contribution in [1.82, 2.24) is 0 Å². The maximum absolute atomic E-state index is 12.8. The Labute approximate surface area is 76.9 Å². The van der Waals surface area contributed by atoms with Gasteiger partial charge in [-0.25, -0.2) is 8.78 Å². The van der Waals surface area contributed by atoms with Gasteiger partial charge in [-0.2, -0.15) is 0 Å². The fourth-order valence-electron chi connectivity index (χ4n) is 0.677. The van der Waals surface area contributed by atoms with E-state index in [2.05, 4.69) is 0 Å². The first-order valence-corrected chi connectivity index (χ1v) is 3.61. The van der Waals surface area contributed by atoms with Crippen LogP contribution in [0.4, 0.5) is 8.78 Å². The van der Waals surface area contributed by atoms with E-state index >= 15 is 0 Å². The number of benzene rings is 1. The summed E-state index contributed by atoms with van der Waals surface area (Å²) in [6.45, 7) is 0. The molecule has 0 spiro atoms. The topological polar surface area (TPSA) is 17.1 Å². The zero-order chi connectivity index (χ0) is 9.30. The molecule has 0 saturated carbocycles. The van der Waals surface area contributed by atoms with Crippen LogP contribution in [-0.2, 0) is 0 Å². The van der Waals surface area contributed by atoms with Crippen molar-refractivity contribution in [2.75, 3.05) is 0 Å². The van der Waals surface area contributed by atoms with Crippen LogP contribution in [0.25, 0.3) is 0 Å². The molecule has 0 aliphatic rings. The first-order chi connectivity index (χ1) is 5.57. The number of hydrogen-bond acceptors (Lipinski definition) is 1. The molecule has 0 saturated heterocycles. The number of hydrogen-bond donors (Lipinski definition) is 0. The van der Waals surface area contributed by atoms with Gasteiger partial charge in [0.05, 0.1) is 15.6 Å². The smallest absolute Gasteiger partial charge is 0.154 e. The number of rotatable bonds is 1. The number of carbonyl (C=O) groups is 1. The van der Waals surface area contributed by atoms with Gasteiger partial charge in [-0.3, -0.25) is 4.79 Å². The summed E-state index contributed by atoms with van der Waals surface area (Å²) in [6.07, 6.45) is 0.167. The molecule has 0 radical (unpaired) electrons. The number of carbonyl (C=O) groups excluding carboxylic acids is 1. The second-order valence-electron chi connectivity index (χ2n) is 2.01. The zero-order valence-corrected chi connectivity index (χ0v) is 7.09. The van der Waals surface area contributed by atoms with Crippen molar-refractivity contribution in [1.29, 1.82) is 0 Å². The molecular weight excluding hydrogens is 209 g/mol. The van der Waals surface area contributed by atoms with Crippen molar-refractivity contribution in [2.24, 2.45) is 0 Å². The Morgan fingerprint density at radius 3 is 2.33 bits per heavy atom.